The van der Waals surface area contributed by atoms with Gasteiger partial charge in [0.2, 0.25) is 0 Å². The minimum Gasteiger partial charge on any atom is -0.504 e. The van der Waals surface area contributed by atoms with E-state index in [0.29, 0.717) is 0 Å². The van der Waals surface area contributed by atoms with Crippen LogP contribution in [0.2, 0.25) is 0 Å². The number of esters is 1. The van der Waals surface area contributed by atoms with Crippen molar-refractivity contribution in [3.05, 3.63) is 30.0 Å². The molecule has 0 atom stereocenters. The Hall–Kier alpha value is -2.17. The van der Waals surface area contributed by atoms with Gasteiger partial charge in [-0.1, -0.05) is 6.08 Å². The maximum absolute atomic E-state index is 11.2. The number of rotatable bonds is 2. The quantitative estimate of drug-likeness (QED) is 0.391. The standard InChI is InChI=1S/C10H10O5/c1-2-3-15-10(14)6-4-7(11)9(13)8(12)5-6/h2-5,11-13H,1H3/b3-2+. The third-order valence-corrected chi connectivity index (χ3v) is 1.62. The number of allylic oxidation sites excluding steroid dienone is 1. The van der Waals surface area contributed by atoms with E-state index in [1.807, 2.05) is 0 Å². The molecule has 0 amide bonds. The first-order chi connectivity index (χ1) is 7.06. The summed E-state index contributed by atoms with van der Waals surface area (Å²) in [6, 6.07) is 2.00. The van der Waals surface area contributed by atoms with E-state index < -0.39 is 23.2 Å². The molecule has 0 aliphatic rings. The first kappa shape index (κ1) is 10.9. The summed E-state index contributed by atoms with van der Waals surface area (Å²) in [5.41, 5.74) is -0.0547. The molecule has 3 N–H and O–H groups in total. The molecule has 5 heteroatoms. The van der Waals surface area contributed by atoms with E-state index in [9.17, 15) is 4.79 Å². The monoisotopic (exact) mass is 210 g/mol. The van der Waals surface area contributed by atoms with Gasteiger partial charge in [-0.05, 0) is 19.1 Å². The fraction of sp³-hybridized carbons (Fsp3) is 0.100. The zero-order valence-corrected chi connectivity index (χ0v) is 7.97. The average molecular weight is 210 g/mol. The number of carbonyl (C=O) groups is 1. The summed E-state index contributed by atoms with van der Waals surface area (Å²) in [6.07, 6.45) is 2.68. The van der Waals surface area contributed by atoms with Crippen LogP contribution >= 0.6 is 0 Å². The predicted molar refractivity (Wildman–Crippen MR) is 51.7 cm³/mol. The molecule has 0 heterocycles. The summed E-state index contributed by atoms with van der Waals surface area (Å²) in [6.45, 7) is 1.67. The zero-order valence-electron chi connectivity index (χ0n) is 7.97. The molecule has 0 spiro atoms. The van der Waals surface area contributed by atoms with Crippen LogP contribution in [0.5, 0.6) is 17.2 Å². The van der Waals surface area contributed by atoms with Crippen molar-refractivity contribution < 1.29 is 24.9 Å². The van der Waals surface area contributed by atoms with Gasteiger partial charge in [0.25, 0.3) is 0 Å². The minimum absolute atomic E-state index is 0.0547. The van der Waals surface area contributed by atoms with Gasteiger partial charge in [-0.25, -0.2) is 4.79 Å². The van der Waals surface area contributed by atoms with Crippen LogP contribution in [-0.2, 0) is 4.74 Å². The molecule has 0 saturated heterocycles. The van der Waals surface area contributed by atoms with Crippen LogP contribution in [0, 0.1) is 0 Å². The second-order valence-electron chi connectivity index (χ2n) is 2.74. The molecule has 1 rings (SSSR count). The van der Waals surface area contributed by atoms with Crippen LogP contribution in [0.25, 0.3) is 0 Å². The van der Waals surface area contributed by atoms with Crippen LogP contribution in [0.4, 0.5) is 0 Å². The highest BCUT2D eigenvalue weighted by Crippen LogP contribution is 2.35. The smallest absolute Gasteiger partial charge is 0.343 e. The molecule has 80 valence electrons. The Bertz CT molecular complexity index is 385. The molecule has 0 radical (unpaired) electrons. The number of carbonyl (C=O) groups excluding carboxylic acids is 1. The normalized spacial score (nSPS) is 10.5. The summed E-state index contributed by atoms with van der Waals surface area (Å²) >= 11 is 0. The lowest BCUT2D eigenvalue weighted by Gasteiger charge is -2.03. The topological polar surface area (TPSA) is 87.0 Å². The molecule has 1 aromatic carbocycles. The molecule has 1 aromatic rings. The Kier molecular flexibility index (Phi) is 3.17. The van der Waals surface area contributed by atoms with Crippen molar-refractivity contribution in [3.63, 3.8) is 0 Å². The van der Waals surface area contributed by atoms with Crippen LogP contribution in [0.3, 0.4) is 0 Å². The van der Waals surface area contributed by atoms with Gasteiger partial charge in [-0.15, -0.1) is 0 Å². The van der Waals surface area contributed by atoms with Crippen molar-refractivity contribution in [1.29, 1.82) is 0 Å². The van der Waals surface area contributed by atoms with Crippen LogP contribution in [-0.4, -0.2) is 21.3 Å². The number of aromatic hydroxyl groups is 3. The predicted octanol–water partition coefficient (Wildman–Crippen LogP) is 1.49. The van der Waals surface area contributed by atoms with Gasteiger partial charge in [-0.2, -0.15) is 0 Å². The molecule has 0 aromatic heterocycles. The summed E-state index contributed by atoms with van der Waals surface area (Å²) in [4.78, 5) is 11.2. The van der Waals surface area contributed by atoms with Crippen molar-refractivity contribution in [2.75, 3.05) is 0 Å². The van der Waals surface area contributed by atoms with Crippen molar-refractivity contribution in [1.82, 2.24) is 0 Å². The lowest BCUT2D eigenvalue weighted by molar-refractivity contribution is 0.0661. The van der Waals surface area contributed by atoms with Crippen molar-refractivity contribution in [3.8, 4) is 17.2 Å². The molecule has 0 saturated carbocycles. The first-order valence-electron chi connectivity index (χ1n) is 4.13. The fourth-order valence-electron chi connectivity index (χ4n) is 0.920. The van der Waals surface area contributed by atoms with Crippen molar-refractivity contribution >= 4 is 5.97 Å². The maximum Gasteiger partial charge on any atom is 0.343 e. The number of hydrogen-bond donors (Lipinski definition) is 3. The van der Waals surface area contributed by atoms with Gasteiger partial charge >= 0.3 is 5.97 Å². The Labute approximate surface area is 85.9 Å². The Balaban J connectivity index is 3.01. The van der Waals surface area contributed by atoms with Crippen LogP contribution in [0.15, 0.2) is 24.5 Å². The highest BCUT2D eigenvalue weighted by Gasteiger charge is 2.13. The maximum atomic E-state index is 11.2. The molecule has 0 unspecified atom stereocenters. The second kappa shape index (κ2) is 4.36. The highest BCUT2D eigenvalue weighted by atomic mass is 16.5. The second-order valence-corrected chi connectivity index (χ2v) is 2.74. The number of hydrogen-bond acceptors (Lipinski definition) is 5. The molecule has 0 aliphatic heterocycles. The molecule has 0 aliphatic carbocycles. The van der Waals surface area contributed by atoms with E-state index in [1.54, 1.807) is 6.92 Å². The van der Waals surface area contributed by atoms with E-state index in [1.165, 1.54) is 12.3 Å². The summed E-state index contributed by atoms with van der Waals surface area (Å²) < 4.78 is 4.60. The summed E-state index contributed by atoms with van der Waals surface area (Å²) in [5, 5.41) is 27.3. The van der Waals surface area contributed by atoms with E-state index in [4.69, 9.17) is 15.3 Å². The summed E-state index contributed by atoms with van der Waals surface area (Å²) in [7, 11) is 0. The van der Waals surface area contributed by atoms with Crippen LogP contribution in [0.1, 0.15) is 17.3 Å². The van der Waals surface area contributed by atoms with Gasteiger partial charge in [0.1, 0.15) is 0 Å². The van der Waals surface area contributed by atoms with Crippen LogP contribution < -0.4 is 0 Å². The zero-order chi connectivity index (χ0) is 11.4. The molecule has 15 heavy (non-hydrogen) atoms. The largest absolute Gasteiger partial charge is 0.504 e. The summed E-state index contributed by atoms with van der Waals surface area (Å²) in [5.74, 6) is -2.57. The van der Waals surface area contributed by atoms with Gasteiger partial charge in [0.15, 0.2) is 17.2 Å². The number of ether oxygens (including phenoxy) is 1. The SMILES string of the molecule is C/C=C/OC(=O)c1cc(O)c(O)c(O)c1. The van der Waals surface area contributed by atoms with E-state index in [2.05, 4.69) is 4.74 Å². The third-order valence-electron chi connectivity index (χ3n) is 1.62. The molecular formula is C10H10O5. The highest BCUT2D eigenvalue weighted by molar-refractivity contribution is 5.91. The third kappa shape index (κ3) is 2.40. The van der Waals surface area contributed by atoms with E-state index >= 15 is 0 Å². The fourth-order valence-corrected chi connectivity index (χ4v) is 0.920. The number of phenolic OH excluding ortho intramolecular Hbond substituents is 3. The van der Waals surface area contributed by atoms with Crippen molar-refractivity contribution in [2.24, 2.45) is 0 Å². The molecule has 5 nitrogen and oxygen atoms in total. The number of benzene rings is 1. The average Bonchev–Trinajstić information content (AvgIpc) is 2.21. The number of phenols is 3. The molecular weight excluding hydrogens is 200 g/mol. The minimum atomic E-state index is -0.737. The van der Waals surface area contributed by atoms with Gasteiger partial charge < -0.3 is 20.1 Å². The Morgan fingerprint density at radius 1 is 1.27 bits per heavy atom. The van der Waals surface area contributed by atoms with E-state index in [-0.39, 0.29) is 5.56 Å². The first-order valence-corrected chi connectivity index (χ1v) is 4.13. The van der Waals surface area contributed by atoms with Gasteiger partial charge in [0, 0.05) is 0 Å². The molecule has 0 bridgehead atoms. The molecule has 0 fully saturated rings. The Morgan fingerprint density at radius 2 is 1.80 bits per heavy atom. The van der Waals surface area contributed by atoms with Gasteiger partial charge in [-0.3, -0.25) is 0 Å². The lowest BCUT2D eigenvalue weighted by atomic mass is 10.2. The Morgan fingerprint density at radius 3 is 2.27 bits per heavy atom. The van der Waals surface area contributed by atoms with Crippen molar-refractivity contribution in [2.45, 2.75) is 6.92 Å². The van der Waals surface area contributed by atoms with E-state index in [0.717, 1.165) is 12.1 Å². The van der Waals surface area contributed by atoms with Gasteiger partial charge in [0.05, 0.1) is 11.8 Å². The lowest BCUT2D eigenvalue weighted by Crippen LogP contribution is -2.00.